The maximum Gasteiger partial charge on any atom is 0.261 e. The van der Waals surface area contributed by atoms with Gasteiger partial charge < -0.3 is 15.4 Å². The first-order chi connectivity index (χ1) is 16.7. The second kappa shape index (κ2) is 11.7. The fourth-order valence-electron chi connectivity index (χ4n) is 3.53. The van der Waals surface area contributed by atoms with Gasteiger partial charge in [0.1, 0.15) is 11.8 Å². The number of ether oxygens (including phenoxy) is 1. The first kappa shape index (κ1) is 26.0. The first-order valence-corrected chi connectivity index (χ1v) is 12.3. The van der Waals surface area contributed by atoms with Gasteiger partial charge in [-0.2, -0.15) is 0 Å². The minimum absolute atomic E-state index is 0.268. The van der Waals surface area contributed by atoms with E-state index in [-0.39, 0.29) is 18.4 Å². The van der Waals surface area contributed by atoms with Gasteiger partial charge in [-0.3, -0.25) is 19.3 Å². The lowest BCUT2D eigenvalue weighted by molar-refractivity contribution is -0.127. The van der Waals surface area contributed by atoms with Gasteiger partial charge in [0.2, 0.25) is 11.8 Å². The van der Waals surface area contributed by atoms with Crippen molar-refractivity contribution in [2.45, 2.75) is 39.3 Å². The molecule has 1 aromatic heterocycles. The molecule has 0 aliphatic carbocycles. The highest BCUT2D eigenvalue weighted by Crippen LogP contribution is 2.30. The smallest absolute Gasteiger partial charge is 0.261 e. The van der Waals surface area contributed by atoms with Crippen LogP contribution in [-0.2, 0) is 9.59 Å². The zero-order chi connectivity index (χ0) is 25.4. The van der Waals surface area contributed by atoms with Gasteiger partial charge in [-0.05, 0) is 69.0 Å². The fourth-order valence-corrected chi connectivity index (χ4v) is 4.17. The average Bonchev–Trinajstić information content (AvgIpc) is 3.36. The zero-order valence-electron chi connectivity index (χ0n) is 20.4. The predicted molar refractivity (Wildman–Crippen MR) is 139 cm³/mol. The quantitative estimate of drug-likeness (QED) is 0.457. The third-order valence-corrected chi connectivity index (χ3v) is 5.83. The van der Waals surface area contributed by atoms with Crippen molar-refractivity contribution in [3.05, 3.63) is 82.6 Å². The monoisotopic (exact) mass is 493 g/mol. The van der Waals surface area contributed by atoms with Gasteiger partial charge in [0.25, 0.3) is 5.91 Å². The van der Waals surface area contributed by atoms with E-state index in [1.54, 1.807) is 41.8 Å². The largest absolute Gasteiger partial charge is 0.494 e. The number of nitrogens with one attached hydrogen (secondary N) is 2. The summed E-state index contributed by atoms with van der Waals surface area (Å²) < 4.78 is 5.54. The highest BCUT2D eigenvalue weighted by Gasteiger charge is 2.34. The van der Waals surface area contributed by atoms with Crippen LogP contribution in [0, 0.1) is 0 Å². The lowest BCUT2D eigenvalue weighted by Gasteiger charge is -2.34. The molecule has 2 N–H and O–H groups in total. The summed E-state index contributed by atoms with van der Waals surface area (Å²) in [5.74, 6) is -0.423. The van der Waals surface area contributed by atoms with Gasteiger partial charge in [-0.15, -0.1) is 11.3 Å². The Bertz CT molecular complexity index is 1120. The molecule has 1 atom stereocenters. The van der Waals surface area contributed by atoms with Crippen LogP contribution >= 0.6 is 11.3 Å². The number of hydrogen-bond acceptors (Lipinski definition) is 5. The van der Waals surface area contributed by atoms with Gasteiger partial charge in [0, 0.05) is 11.2 Å². The molecule has 0 saturated carbocycles. The Hall–Kier alpha value is -3.65. The summed E-state index contributed by atoms with van der Waals surface area (Å²) in [5, 5.41) is 7.48. The van der Waals surface area contributed by atoms with Gasteiger partial charge in [-0.1, -0.05) is 36.4 Å². The van der Waals surface area contributed by atoms with E-state index in [1.807, 2.05) is 58.0 Å². The fraction of sp³-hybridized carbons (Fsp3) is 0.296. The highest BCUT2D eigenvalue weighted by atomic mass is 32.1. The number of benzene rings is 2. The molecule has 7 nitrogen and oxygen atoms in total. The highest BCUT2D eigenvalue weighted by molar-refractivity contribution is 7.12. The van der Waals surface area contributed by atoms with Crippen molar-refractivity contribution in [3.63, 3.8) is 0 Å². The van der Waals surface area contributed by atoms with Crippen LogP contribution in [0.2, 0.25) is 0 Å². The van der Waals surface area contributed by atoms with Crippen LogP contribution in [0.3, 0.4) is 0 Å². The third-order valence-electron chi connectivity index (χ3n) is 4.96. The predicted octanol–water partition coefficient (Wildman–Crippen LogP) is 4.57. The molecule has 3 rings (SSSR count). The maximum atomic E-state index is 13.6. The molecule has 0 bridgehead atoms. The molecule has 0 aliphatic heterocycles. The third kappa shape index (κ3) is 7.16. The molecule has 0 spiro atoms. The number of rotatable bonds is 9. The van der Waals surface area contributed by atoms with E-state index in [2.05, 4.69) is 10.6 Å². The molecule has 0 unspecified atom stereocenters. The molecule has 1 heterocycles. The summed E-state index contributed by atoms with van der Waals surface area (Å²) in [6.07, 6.45) is 0. The van der Waals surface area contributed by atoms with Crippen molar-refractivity contribution in [2.24, 2.45) is 0 Å². The number of thiophene rings is 1. The Morgan fingerprint density at radius 2 is 1.66 bits per heavy atom. The van der Waals surface area contributed by atoms with E-state index < -0.39 is 17.5 Å². The molecular formula is C27H31N3O4S. The molecule has 3 amide bonds. The molecule has 0 aliphatic rings. The number of carbonyl (C=O) groups is 3. The average molecular weight is 494 g/mol. The lowest BCUT2D eigenvalue weighted by Crippen LogP contribution is -2.51. The summed E-state index contributed by atoms with van der Waals surface area (Å²) >= 11 is 1.29. The van der Waals surface area contributed by atoms with Crippen molar-refractivity contribution in [3.8, 4) is 5.75 Å². The van der Waals surface area contributed by atoms with E-state index in [1.165, 1.54) is 16.2 Å². The summed E-state index contributed by atoms with van der Waals surface area (Å²) in [5.41, 5.74) is 0.660. The van der Waals surface area contributed by atoms with E-state index in [0.717, 1.165) is 0 Å². The zero-order valence-corrected chi connectivity index (χ0v) is 21.2. The molecule has 0 saturated heterocycles. The molecule has 8 heteroatoms. The molecular weight excluding hydrogens is 462 g/mol. The Kier molecular flexibility index (Phi) is 8.65. The number of carbonyl (C=O) groups excluding carboxylic acids is 3. The van der Waals surface area contributed by atoms with Crippen LogP contribution in [0.25, 0.3) is 0 Å². The second-order valence-electron chi connectivity index (χ2n) is 8.90. The molecule has 2 aromatic carbocycles. The number of anilines is 1. The van der Waals surface area contributed by atoms with Crippen LogP contribution in [0.1, 0.15) is 49.0 Å². The minimum Gasteiger partial charge on any atom is -0.494 e. The van der Waals surface area contributed by atoms with Crippen molar-refractivity contribution in [2.75, 3.05) is 18.1 Å². The summed E-state index contributed by atoms with van der Waals surface area (Å²) in [4.78, 5) is 41.6. The molecule has 0 fully saturated rings. The Morgan fingerprint density at radius 3 is 2.23 bits per heavy atom. The van der Waals surface area contributed by atoms with Gasteiger partial charge in [0.15, 0.2) is 0 Å². The lowest BCUT2D eigenvalue weighted by atomic mass is 10.0. The topological polar surface area (TPSA) is 87.7 Å². The number of hydrogen-bond donors (Lipinski definition) is 2. The molecule has 3 aromatic rings. The van der Waals surface area contributed by atoms with E-state index >= 15 is 0 Å². The minimum atomic E-state index is -0.945. The summed E-state index contributed by atoms with van der Waals surface area (Å²) in [7, 11) is 0. The van der Waals surface area contributed by atoms with E-state index in [9.17, 15) is 14.4 Å². The molecule has 35 heavy (non-hydrogen) atoms. The Balaban J connectivity index is 1.99. The van der Waals surface area contributed by atoms with Crippen LogP contribution < -0.4 is 20.3 Å². The van der Waals surface area contributed by atoms with Gasteiger partial charge >= 0.3 is 0 Å². The Morgan fingerprint density at radius 1 is 0.971 bits per heavy atom. The Labute approximate surface area is 210 Å². The SMILES string of the molecule is CCOc1ccc(N(C(=O)CNC(=O)c2cccs2)[C@@H](C(=O)NC(C)(C)C)c2ccccc2)cc1. The number of amides is 3. The van der Waals surface area contributed by atoms with Gasteiger partial charge in [-0.25, -0.2) is 0 Å². The van der Waals surface area contributed by atoms with Crippen molar-refractivity contribution in [1.29, 1.82) is 0 Å². The normalized spacial score (nSPS) is 11.9. The van der Waals surface area contributed by atoms with Crippen LogP contribution in [0.4, 0.5) is 5.69 Å². The van der Waals surface area contributed by atoms with Crippen molar-refractivity contribution < 1.29 is 19.1 Å². The first-order valence-electron chi connectivity index (χ1n) is 11.4. The number of nitrogens with zero attached hydrogens (tertiary/aromatic N) is 1. The summed E-state index contributed by atoms with van der Waals surface area (Å²) in [6, 6.07) is 18.6. The standard InChI is InChI=1S/C27H31N3O4S/c1-5-34-21-15-13-20(14-16-21)30(23(31)18-28-25(32)22-12-9-17-35-22)24(19-10-7-6-8-11-19)26(33)29-27(2,3)4/h6-17,24H,5,18H2,1-4H3,(H,28,32)(H,29,33)/t24-/m1/s1. The van der Waals surface area contributed by atoms with Crippen LogP contribution in [0.15, 0.2) is 72.1 Å². The maximum absolute atomic E-state index is 13.6. The van der Waals surface area contributed by atoms with Crippen LogP contribution in [-0.4, -0.2) is 36.4 Å². The van der Waals surface area contributed by atoms with Crippen LogP contribution in [0.5, 0.6) is 5.75 Å². The van der Waals surface area contributed by atoms with Crippen molar-refractivity contribution >= 4 is 34.7 Å². The van der Waals surface area contributed by atoms with Crippen molar-refractivity contribution in [1.82, 2.24) is 10.6 Å². The van der Waals surface area contributed by atoms with E-state index in [0.29, 0.717) is 28.5 Å². The van der Waals surface area contributed by atoms with E-state index in [4.69, 9.17) is 4.74 Å². The van der Waals surface area contributed by atoms with Gasteiger partial charge in [0.05, 0.1) is 18.0 Å². The molecule has 0 radical (unpaired) electrons. The second-order valence-corrected chi connectivity index (χ2v) is 9.85. The molecule has 184 valence electrons. The summed E-state index contributed by atoms with van der Waals surface area (Å²) in [6.45, 7) is 7.79.